The quantitative estimate of drug-likeness (QED) is 0.725. The molecule has 3 nitrogen and oxygen atoms in total. The summed E-state index contributed by atoms with van der Waals surface area (Å²) >= 11 is 0. The fraction of sp³-hybridized carbons (Fsp3) is 0.400. The van der Waals surface area contributed by atoms with Crippen LogP contribution in [0.3, 0.4) is 0 Å². The van der Waals surface area contributed by atoms with Crippen molar-refractivity contribution in [1.82, 2.24) is 10.3 Å². The minimum absolute atomic E-state index is 0.204. The van der Waals surface area contributed by atoms with Gasteiger partial charge < -0.3 is 5.32 Å². The highest BCUT2D eigenvalue weighted by Crippen LogP contribution is 1.96. The second-order valence-electron chi connectivity index (χ2n) is 2.86. The molecule has 1 N–H and O–H groups in total. The van der Waals surface area contributed by atoms with Gasteiger partial charge in [0, 0.05) is 18.8 Å². The highest BCUT2D eigenvalue weighted by Gasteiger charge is 2.01. The van der Waals surface area contributed by atoms with E-state index in [1.54, 1.807) is 12.4 Å². The van der Waals surface area contributed by atoms with Crippen molar-refractivity contribution in [2.45, 2.75) is 13.3 Å². The lowest BCUT2D eigenvalue weighted by Gasteiger charge is -2.00. The highest BCUT2D eigenvalue weighted by atomic mass is 16.1. The molecular weight excluding hydrogens is 164 g/mol. The SMILES string of the molecule is CCNCC(=O)Cc1cccnc1. The van der Waals surface area contributed by atoms with Gasteiger partial charge in [-0.25, -0.2) is 0 Å². The Bertz CT molecular complexity index is 259. The maximum atomic E-state index is 11.3. The van der Waals surface area contributed by atoms with Crippen LogP contribution in [0, 0.1) is 0 Å². The van der Waals surface area contributed by atoms with Crippen LogP contribution in [0.5, 0.6) is 0 Å². The van der Waals surface area contributed by atoms with E-state index in [0.717, 1.165) is 12.1 Å². The molecule has 1 aromatic heterocycles. The number of likely N-dealkylation sites (N-methyl/N-ethyl adjacent to an activating group) is 1. The van der Waals surface area contributed by atoms with Gasteiger partial charge in [-0.1, -0.05) is 13.0 Å². The monoisotopic (exact) mass is 178 g/mol. The first-order valence-electron chi connectivity index (χ1n) is 4.44. The van der Waals surface area contributed by atoms with Crippen LogP contribution >= 0.6 is 0 Å². The lowest BCUT2D eigenvalue weighted by atomic mass is 10.1. The summed E-state index contributed by atoms with van der Waals surface area (Å²) in [7, 11) is 0. The average Bonchev–Trinajstić information content (AvgIpc) is 2.16. The molecule has 0 saturated carbocycles. The molecule has 0 spiro atoms. The van der Waals surface area contributed by atoms with Gasteiger partial charge >= 0.3 is 0 Å². The van der Waals surface area contributed by atoms with Crippen molar-refractivity contribution in [3.63, 3.8) is 0 Å². The Morgan fingerprint density at radius 2 is 2.46 bits per heavy atom. The predicted molar refractivity (Wildman–Crippen MR) is 51.5 cm³/mol. The Morgan fingerprint density at radius 1 is 1.62 bits per heavy atom. The van der Waals surface area contributed by atoms with Gasteiger partial charge in [0.15, 0.2) is 5.78 Å². The van der Waals surface area contributed by atoms with E-state index in [-0.39, 0.29) is 5.78 Å². The molecule has 1 rings (SSSR count). The summed E-state index contributed by atoms with van der Waals surface area (Å²) in [6.45, 7) is 3.27. The Balaban J connectivity index is 2.37. The number of pyridine rings is 1. The molecule has 0 unspecified atom stereocenters. The summed E-state index contributed by atoms with van der Waals surface area (Å²) in [6, 6.07) is 3.76. The standard InChI is InChI=1S/C10H14N2O/c1-2-11-8-10(13)6-9-4-3-5-12-7-9/h3-5,7,11H,2,6,8H2,1H3. The van der Waals surface area contributed by atoms with Crippen molar-refractivity contribution in [2.24, 2.45) is 0 Å². The number of rotatable bonds is 5. The van der Waals surface area contributed by atoms with Gasteiger partial charge in [-0.3, -0.25) is 9.78 Å². The number of carbonyl (C=O) groups is 1. The van der Waals surface area contributed by atoms with Crippen LogP contribution in [0.1, 0.15) is 12.5 Å². The second kappa shape index (κ2) is 5.43. The molecule has 0 aliphatic heterocycles. The van der Waals surface area contributed by atoms with Crippen LogP contribution in [0.15, 0.2) is 24.5 Å². The average molecular weight is 178 g/mol. The van der Waals surface area contributed by atoms with Crippen molar-refractivity contribution >= 4 is 5.78 Å². The van der Waals surface area contributed by atoms with E-state index in [1.807, 2.05) is 19.1 Å². The molecule has 1 heterocycles. The summed E-state index contributed by atoms with van der Waals surface area (Å²) in [5.74, 6) is 0.204. The second-order valence-corrected chi connectivity index (χ2v) is 2.86. The van der Waals surface area contributed by atoms with Crippen LogP contribution in [-0.2, 0) is 11.2 Å². The summed E-state index contributed by atoms with van der Waals surface area (Å²) < 4.78 is 0. The van der Waals surface area contributed by atoms with E-state index in [2.05, 4.69) is 10.3 Å². The molecule has 0 amide bonds. The minimum atomic E-state index is 0.204. The molecular formula is C10H14N2O. The molecule has 0 bridgehead atoms. The molecule has 0 aliphatic carbocycles. The van der Waals surface area contributed by atoms with Gasteiger partial charge in [-0.15, -0.1) is 0 Å². The Labute approximate surface area is 78.2 Å². The lowest BCUT2D eigenvalue weighted by molar-refractivity contribution is -0.117. The predicted octanol–water partition coefficient (Wildman–Crippen LogP) is 0.803. The molecule has 13 heavy (non-hydrogen) atoms. The third kappa shape index (κ3) is 3.80. The lowest BCUT2D eigenvalue weighted by Crippen LogP contribution is -2.23. The van der Waals surface area contributed by atoms with Gasteiger partial charge in [0.25, 0.3) is 0 Å². The van der Waals surface area contributed by atoms with Gasteiger partial charge in [-0.2, -0.15) is 0 Å². The first-order chi connectivity index (χ1) is 6.33. The number of Topliss-reactive ketones (excluding diaryl/α,β-unsaturated/α-hetero) is 1. The normalized spacial score (nSPS) is 9.92. The van der Waals surface area contributed by atoms with E-state index in [9.17, 15) is 4.79 Å². The number of hydrogen-bond acceptors (Lipinski definition) is 3. The number of nitrogens with zero attached hydrogens (tertiary/aromatic N) is 1. The van der Waals surface area contributed by atoms with E-state index in [0.29, 0.717) is 13.0 Å². The number of hydrogen-bond donors (Lipinski definition) is 1. The maximum absolute atomic E-state index is 11.3. The molecule has 0 aromatic carbocycles. The van der Waals surface area contributed by atoms with E-state index < -0.39 is 0 Å². The van der Waals surface area contributed by atoms with Crippen LogP contribution in [0.2, 0.25) is 0 Å². The molecule has 0 atom stereocenters. The fourth-order valence-corrected chi connectivity index (χ4v) is 1.06. The molecule has 0 saturated heterocycles. The van der Waals surface area contributed by atoms with Crippen molar-refractivity contribution < 1.29 is 4.79 Å². The Morgan fingerprint density at radius 3 is 3.08 bits per heavy atom. The van der Waals surface area contributed by atoms with Crippen LogP contribution in [0.25, 0.3) is 0 Å². The number of aromatic nitrogens is 1. The Kier molecular flexibility index (Phi) is 4.12. The van der Waals surface area contributed by atoms with Crippen molar-refractivity contribution in [3.05, 3.63) is 30.1 Å². The van der Waals surface area contributed by atoms with Crippen molar-refractivity contribution in [2.75, 3.05) is 13.1 Å². The number of carbonyl (C=O) groups excluding carboxylic acids is 1. The van der Waals surface area contributed by atoms with E-state index in [1.165, 1.54) is 0 Å². The number of nitrogens with one attached hydrogen (secondary N) is 1. The summed E-state index contributed by atoms with van der Waals surface area (Å²) in [6.07, 6.45) is 3.91. The summed E-state index contributed by atoms with van der Waals surface area (Å²) in [4.78, 5) is 15.2. The molecule has 0 aliphatic rings. The molecule has 1 aromatic rings. The first kappa shape index (κ1) is 9.86. The van der Waals surface area contributed by atoms with Crippen LogP contribution in [0.4, 0.5) is 0 Å². The fourth-order valence-electron chi connectivity index (χ4n) is 1.06. The third-order valence-corrected chi connectivity index (χ3v) is 1.70. The van der Waals surface area contributed by atoms with Crippen molar-refractivity contribution in [3.8, 4) is 0 Å². The molecule has 70 valence electrons. The van der Waals surface area contributed by atoms with Gasteiger partial charge in [0.2, 0.25) is 0 Å². The molecule has 0 radical (unpaired) electrons. The van der Waals surface area contributed by atoms with E-state index in [4.69, 9.17) is 0 Å². The summed E-state index contributed by atoms with van der Waals surface area (Å²) in [5.41, 5.74) is 0.977. The molecule has 3 heteroatoms. The van der Waals surface area contributed by atoms with E-state index >= 15 is 0 Å². The molecule has 0 fully saturated rings. The topological polar surface area (TPSA) is 42.0 Å². The van der Waals surface area contributed by atoms with Gasteiger partial charge in [-0.05, 0) is 18.2 Å². The van der Waals surface area contributed by atoms with Crippen LogP contribution in [-0.4, -0.2) is 23.9 Å². The Hall–Kier alpha value is -1.22. The largest absolute Gasteiger partial charge is 0.310 e. The number of ketones is 1. The van der Waals surface area contributed by atoms with Crippen LogP contribution < -0.4 is 5.32 Å². The zero-order chi connectivity index (χ0) is 9.52. The van der Waals surface area contributed by atoms with Crippen molar-refractivity contribution in [1.29, 1.82) is 0 Å². The zero-order valence-electron chi connectivity index (χ0n) is 7.79. The summed E-state index contributed by atoms with van der Waals surface area (Å²) in [5, 5.41) is 3.00. The maximum Gasteiger partial charge on any atom is 0.151 e. The first-order valence-corrected chi connectivity index (χ1v) is 4.44. The minimum Gasteiger partial charge on any atom is -0.310 e. The third-order valence-electron chi connectivity index (χ3n) is 1.70. The smallest absolute Gasteiger partial charge is 0.151 e. The zero-order valence-corrected chi connectivity index (χ0v) is 7.79. The van der Waals surface area contributed by atoms with Gasteiger partial charge in [0.05, 0.1) is 6.54 Å². The highest BCUT2D eigenvalue weighted by molar-refractivity contribution is 5.82. The van der Waals surface area contributed by atoms with Gasteiger partial charge in [0.1, 0.15) is 0 Å².